The molecule has 0 saturated carbocycles. The van der Waals surface area contributed by atoms with Crippen LogP contribution >= 0.6 is 0 Å². The van der Waals surface area contributed by atoms with Crippen LogP contribution in [-0.4, -0.2) is 38.9 Å². The molecule has 0 aliphatic heterocycles. The van der Waals surface area contributed by atoms with Crippen molar-refractivity contribution in [3.05, 3.63) is 83.3 Å². The summed E-state index contributed by atoms with van der Waals surface area (Å²) in [6.07, 6.45) is 3.76. The fraction of sp³-hybridized carbons (Fsp3) is 0.208. The summed E-state index contributed by atoms with van der Waals surface area (Å²) in [5, 5.41) is 2.98. The van der Waals surface area contributed by atoms with Crippen LogP contribution in [0.1, 0.15) is 18.1 Å². The first kappa shape index (κ1) is 23.6. The van der Waals surface area contributed by atoms with Crippen molar-refractivity contribution in [1.29, 1.82) is 0 Å². The summed E-state index contributed by atoms with van der Waals surface area (Å²) >= 11 is 0. The van der Waals surface area contributed by atoms with Crippen molar-refractivity contribution in [3.63, 3.8) is 0 Å². The van der Waals surface area contributed by atoms with Gasteiger partial charge in [-0.15, -0.1) is 0 Å². The molecule has 2 aromatic carbocycles. The molecule has 6 nitrogen and oxygen atoms in total. The normalized spacial score (nSPS) is 12.2. The first-order valence-corrected chi connectivity index (χ1v) is 11.5. The molecule has 1 N–H and O–H groups in total. The lowest BCUT2D eigenvalue weighted by Crippen LogP contribution is -2.14. The Hall–Kier alpha value is -3.07. The summed E-state index contributed by atoms with van der Waals surface area (Å²) in [7, 11) is -2.29. The van der Waals surface area contributed by atoms with Gasteiger partial charge in [0.15, 0.2) is 0 Å². The molecule has 168 valence electrons. The van der Waals surface area contributed by atoms with Crippen LogP contribution in [0, 0.1) is 5.82 Å². The monoisotopic (exact) mass is 456 g/mol. The van der Waals surface area contributed by atoms with Crippen molar-refractivity contribution in [2.45, 2.75) is 18.4 Å². The number of carbonyl (C=O) groups is 1. The molecule has 8 heteroatoms. The van der Waals surface area contributed by atoms with Crippen molar-refractivity contribution in [3.8, 4) is 11.3 Å². The lowest BCUT2D eigenvalue weighted by atomic mass is 10.1. The number of carbonyl (C=O) groups excluding carboxylic acids is 1. The summed E-state index contributed by atoms with van der Waals surface area (Å²) in [6.45, 7) is 2.84. The summed E-state index contributed by atoms with van der Waals surface area (Å²) in [5.74, 6) is -0.513. The Morgan fingerprint density at radius 2 is 1.94 bits per heavy atom. The fourth-order valence-corrected chi connectivity index (χ4v) is 4.73. The van der Waals surface area contributed by atoms with Gasteiger partial charge in [0, 0.05) is 30.5 Å². The maximum Gasteiger partial charge on any atom is 0.268 e. The third-order valence-corrected chi connectivity index (χ3v) is 6.43. The largest absolute Gasteiger partial charge is 0.377 e. The molecule has 0 atom stereocenters. The summed E-state index contributed by atoms with van der Waals surface area (Å²) < 4.78 is 48.0. The van der Waals surface area contributed by atoms with E-state index >= 15 is 0 Å². The van der Waals surface area contributed by atoms with Gasteiger partial charge < -0.3 is 10.1 Å². The van der Waals surface area contributed by atoms with E-state index in [9.17, 15) is 17.6 Å². The molecule has 0 aliphatic rings. The van der Waals surface area contributed by atoms with Crippen molar-refractivity contribution in [2.75, 3.05) is 20.3 Å². The number of ether oxygens (including phenoxy) is 1. The Balaban J connectivity index is 2.10. The quantitative estimate of drug-likeness (QED) is 0.370. The van der Waals surface area contributed by atoms with Crippen LogP contribution in [0.5, 0.6) is 0 Å². The number of halogens is 1. The predicted molar refractivity (Wildman–Crippen MR) is 122 cm³/mol. The molecule has 3 aromatic rings. The van der Waals surface area contributed by atoms with Gasteiger partial charge in [-0.2, -0.15) is 0 Å². The number of aromatic nitrogens is 1. The van der Waals surface area contributed by atoms with Gasteiger partial charge in [0.05, 0.1) is 17.2 Å². The van der Waals surface area contributed by atoms with Crippen molar-refractivity contribution >= 4 is 22.4 Å². The predicted octanol–water partition coefficient (Wildman–Crippen LogP) is 3.87. The van der Waals surface area contributed by atoms with E-state index in [2.05, 4.69) is 5.32 Å². The Labute approximate surface area is 187 Å². The molecular weight excluding hydrogens is 431 g/mol. The van der Waals surface area contributed by atoms with E-state index in [1.807, 2.05) is 6.92 Å². The SMILES string of the molecule is CCOC/C(C=O)=C/c1cccc(S(=O)(=O)n2cc(CNC)cc2-c2ccccc2F)c1. The Bertz CT molecular complexity index is 1230. The third kappa shape index (κ3) is 5.21. The van der Waals surface area contributed by atoms with E-state index in [1.165, 1.54) is 24.4 Å². The first-order valence-electron chi connectivity index (χ1n) is 10.1. The Morgan fingerprint density at radius 1 is 1.16 bits per heavy atom. The summed E-state index contributed by atoms with van der Waals surface area (Å²) in [6, 6.07) is 14.0. The topological polar surface area (TPSA) is 77.4 Å². The van der Waals surface area contributed by atoms with E-state index in [0.717, 1.165) is 3.97 Å². The van der Waals surface area contributed by atoms with Crippen LogP contribution in [-0.2, 0) is 26.1 Å². The molecule has 1 heterocycles. The number of benzene rings is 2. The molecule has 1 aromatic heterocycles. The average molecular weight is 457 g/mol. The lowest BCUT2D eigenvalue weighted by Gasteiger charge is -2.12. The van der Waals surface area contributed by atoms with Crippen molar-refractivity contribution < 1.29 is 22.3 Å². The molecule has 32 heavy (non-hydrogen) atoms. The van der Waals surface area contributed by atoms with E-state index in [4.69, 9.17) is 4.74 Å². The van der Waals surface area contributed by atoms with Crippen LogP contribution in [0.25, 0.3) is 17.3 Å². The van der Waals surface area contributed by atoms with Gasteiger partial charge in [0.1, 0.15) is 12.1 Å². The van der Waals surface area contributed by atoms with Crippen molar-refractivity contribution in [1.82, 2.24) is 9.29 Å². The fourth-order valence-electron chi connectivity index (χ4n) is 3.28. The third-order valence-electron chi connectivity index (χ3n) is 4.76. The van der Waals surface area contributed by atoms with Gasteiger partial charge >= 0.3 is 0 Å². The van der Waals surface area contributed by atoms with Gasteiger partial charge in [-0.05, 0) is 61.5 Å². The molecule has 0 fully saturated rings. The lowest BCUT2D eigenvalue weighted by molar-refractivity contribution is -0.105. The van der Waals surface area contributed by atoms with Crippen LogP contribution in [0.2, 0.25) is 0 Å². The summed E-state index contributed by atoms with van der Waals surface area (Å²) in [4.78, 5) is 11.3. The second-order valence-corrected chi connectivity index (χ2v) is 8.91. The number of nitrogens with one attached hydrogen (secondary N) is 1. The molecule has 0 spiro atoms. The summed E-state index contributed by atoms with van der Waals surface area (Å²) in [5.41, 5.74) is 2.06. The number of nitrogens with zero attached hydrogens (tertiary/aromatic N) is 1. The zero-order valence-corrected chi connectivity index (χ0v) is 18.7. The van der Waals surface area contributed by atoms with Crippen LogP contribution in [0.15, 0.2) is 71.3 Å². The molecule has 0 bridgehead atoms. The molecule has 0 amide bonds. The van der Waals surface area contributed by atoms with Gasteiger partial charge in [-0.1, -0.05) is 24.3 Å². The zero-order valence-electron chi connectivity index (χ0n) is 17.9. The average Bonchev–Trinajstić information content (AvgIpc) is 3.22. The number of hydrogen-bond donors (Lipinski definition) is 1. The van der Waals surface area contributed by atoms with E-state index in [0.29, 0.717) is 36.1 Å². The minimum atomic E-state index is -4.04. The van der Waals surface area contributed by atoms with Gasteiger partial charge in [0.2, 0.25) is 0 Å². The van der Waals surface area contributed by atoms with Gasteiger partial charge in [-0.3, -0.25) is 4.79 Å². The maximum absolute atomic E-state index is 14.5. The zero-order chi connectivity index (χ0) is 23.1. The number of aldehydes is 1. The second-order valence-electron chi connectivity index (χ2n) is 7.09. The molecule has 0 aliphatic carbocycles. The smallest absolute Gasteiger partial charge is 0.268 e. The van der Waals surface area contributed by atoms with E-state index < -0.39 is 15.8 Å². The van der Waals surface area contributed by atoms with Crippen molar-refractivity contribution in [2.24, 2.45) is 0 Å². The number of hydrogen-bond acceptors (Lipinski definition) is 5. The highest BCUT2D eigenvalue weighted by Gasteiger charge is 2.23. The number of rotatable bonds is 10. The standard InChI is InChI=1S/C24H25FN2O4S/c1-3-31-17-20(16-28)11-18-7-6-8-21(12-18)32(29,30)27-15-19(14-26-2)13-24(27)22-9-4-5-10-23(22)25/h4-13,15-16,26H,3,14,17H2,1-2H3/b20-11+. The minimum Gasteiger partial charge on any atom is -0.377 e. The maximum atomic E-state index is 14.5. The first-order chi connectivity index (χ1) is 15.4. The van der Waals surface area contributed by atoms with Gasteiger partial charge in [-0.25, -0.2) is 16.8 Å². The molecule has 0 saturated heterocycles. The molecule has 0 unspecified atom stereocenters. The molecule has 3 rings (SSSR count). The highest BCUT2D eigenvalue weighted by Crippen LogP contribution is 2.29. The highest BCUT2D eigenvalue weighted by atomic mass is 32.2. The highest BCUT2D eigenvalue weighted by molar-refractivity contribution is 7.90. The van der Waals surface area contributed by atoms with E-state index in [1.54, 1.807) is 49.5 Å². The molecule has 0 radical (unpaired) electrons. The van der Waals surface area contributed by atoms with Crippen LogP contribution < -0.4 is 5.32 Å². The van der Waals surface area contributed by atoms with Crippen LogP contribution in [0.4, 0.5) is 4.39 Å². The Kier molecular flexibility index (Phi) is 7.74. The second kappa shape index (κ2) is 10.5. The van der Waals surface area contributed by atoms with Crippen LogP contribution in [0.3, 0.4) is 0 Å². The van der Waals surface area contributed by atoms with E-state index in [-0.39, 0.29) is 22.8 Å². The minimum absolute atomic E-state index is 0.0251. The molecular formula is C24H25FN2O4S. The van der Waals surface area contributed by atoms with Gasteiger partial charge in [0.25, 0.3) is 10.0 Å². The Morgan fingerprint density at radius 3 is 2.62 bits per heavy atom.